The molecule has 3 aromatic carbocycles. The minimum Gasteiger partial charge on any atom is -0.478 e. The van der Waals surface area contributed by atoms with Gasteiger partial charge in [0.15, 0.2) is 0 Å². The summed E-state index contributed by atoms with van der Waals surface area (Å²) in [5.41, 5.74) is 7.40. The average molecular weight is 640 g/mol. The number of aliphatic carboxylic acids is 1. The number of carboxylic acids is 2. The van der Waals surface area contributed by atoms with Gasteiger partial charge in [0, 0.05) is 18.0 Å². The molecule has 3 rings (SSSR count). The molecule has 1 unspecified atom stereocenters. The largest absolute Gasteiger partial charge is 0.478 e. The zero-order valence-corrected chi connectivity index (χ0v) is 24.4. The molecule has 3 aromatic rings. The summed E-state index contributed by atoms with van der Waals surface area (Å²) in [5.74, 6) is -5.68. The van der Waals surface area contributed by atoms with Crippen LogP contribution in [0.1, 0.15) is 46.9 Å². The van der Waals surface area contributed by atoms with Gasteiger partial charge in [0.1, 0.15) is 0 Å². The van der Waals surface area contributed by atoms with E-state index in [1.54, 1.807) is 37.3 Å². The zero-order chi connectivity index (χ0) is 31.1. The van der Waals surface area contributed by atoms with E-state index in [0.717, 1.165) is 19.8 Å². The summed E-state index contributed by atoms with van der Waals surface area (Å²) >= 11 is 3.36. The topological polar surface area (TPSA) is 179 Å². The molecule has 0 radical (unpaired) electrons. The van der Waals surface area contributed by atoms with Crippen LogP contribution in [0, 0.1) is 0 Å². The lowest BCUT2D eigenvalue weighted by molar-refractivity contribution is -0.148. The normalized spacial score (nSPS) is 12.2. The van der Waals surface area contributed by atoms with Crippen molar-refractivity contribution in [3.05, 3.63) is 93.5 Å². The van der Waals surface area contributed by atoms with E-state index in [-0.39, 0.29) is 36.4 Å². The number of benzene rings is 3. The number of imide groups is 1. The maximum atomic E-state index is 13.4. The summed E-state index contributed by atoms with van der Waals surface area (Å²) in [6, 6.07) is 15.4. The number of halogens is 1. The van der Waals surface area contributed by atoms with Crippen molar-refractivity contribution in [1.29, 1.82) is 0 Å². The molecule has 0 spiro atoms. The Bertz CT molecular complexity index is 1510. The smallest absolute Gasteiger partial charge is 0.395 e. The molecule has 42 heavy (non-hydrogen) atoms. The van der Waals surface area contributed by atoms with E-state index >= 15 is 0 Å². The van der Waals surface area contributed by atoms with Crippen molar-refractivity contribution in [2.24, 2.45) is 5.73 Å². The predicted octanol–water partition coefficient (Wildman–Crippen LogP) is 3.44. The molecule has 3 amide bonds. The van der Waals surface area contributed by atoms with Crippen molar-refractivity contribution in [2.75, 3.05) is 11.5 Å². The molecular weight excluding hydrogens is 610 g/mol. The van der Waals surface area contributed by atoms with Crippen LogP contribution in [0.15, 0.2) is 71.2 Å². The highest BCUT2D eigenvalue weighted by Gasteiger charge is 2.32. The van der Waals surface area contributed by atoms with Crippen LogP contribution in [-0.2, 0) is 32.0 Å². The lowest BCUT2D eigenvalue weighted by atomic mass is 9.98. The number of aromatic carboxylic acids is 1. The van der Waals surface area contributed by atoms with Gasteiger partial charge in [0.05, 0.1) is 29.0 Å². The fraction of sp³-hybridized carbons (Fsp3) is 0.233. The Morgan fingerprint density at radius 3 is 2.14 bits per heavy atom. The second kappa shape index (κ2) is 14.0. The van der Waals surface area contributed by atoms with Crippen molar-refractivity contribution in [2.45, 2.75) is 38.8 Å². The number of aliphatic hydroxyl groups is 1. The van der Waals surface area contributed by atoms with Crippen molar-refractivity contribution in [3.8, 4) is 0 Å². The molecule has 0 aliphatic rings. The number of carbonyl (C=O) groups is 5. The third-order valence-corrected chi connectivity index (χ3v) is 7.15. The molecule has 12 heteroatoms. The van der Waals surface area contributed by atoms with Gasteiger partial charge in [-0.2, -0.15) is 0 Å². The van der Waals surface area contributed by atoms with E-state index in [4.69, 9.17) is 5.73 Å². The van der Waals surface area contributed by atoms with Crippen molar-refractivity contribution in [3.63, 3.8) is 0 Å². The molecule has 2 atom stereocenters. The first kappa shape index (κ1) is 32.1. The maximum Gasteiger partial charge on any atom is 0.395 e. The van der Waals surface area contributed by atoms with E-state index in [0.29, 0.717) is 11.1 Å². The van der Waals surface area contributed by atoms with Crippen molar-refractivity contribution >= 4 is 57.0 Å². The fourth-order valence-corrected chi connectivity index (χ4v) is 4.89. The summed E-state index contributed by atoms with van der Waals surface area (Å²) in [7, 11) is 0. The summed E-state index contributed by atoms with van der Waals surface area (Å²) in [6.45, 7) is 2.61. The fourth-order valence-electron chi connectivity index (χ4n) is 4.63. The second-order valence-corrected chi connectivity index (χ2v) is 10.4. The highest BCUT2D eigenvalue weighted by atomic mass is 79.9. The van der Waals surface area contributed by atoms with Crippen LogP contribution in [0.2, 0.25) is 0 Å². The number of aliphatic hydroxyl groups excluding tert-OH is 1. The van der Waals surface area contributed by atoms with Crippen LogP contribution in [0.4, 0.5) is 11.4 Å². The van der Waals surface area contributed by atoms with Crippen LogP contribution >= 0.6 is 15.9 Å². The third kappa shape index (κ3) is 7.27. The summed E-state index contributed by atoms with van der Waals surface area (Å²) in [4.78, 5) is 64.1. The standard InChI is InChI=1S/C30H30BrN3O8/c1-17(20-8-10-22(31)11-9-20)33(18(2)36)27(37)24(32)16-19-7-12-25(21(15-19)13-14-35)34(28(38)30(41)42)26-6-4-3-5-23(26)29(39)40/h3-12,15,17,24,35H,13-14,16,32H2,1-2H3,(H,39,40)(H,41,42)/t17-,24?/m1/s1. The number of nitrogens with zero attached hydrogens (tertiary/aromatic N) is 2. The number of nitrogens with two attached hydrogens (primary N) is 1. The number of rotatable bonds is 10. The van der Waals surface area contributed by atoms with Gasteiger partial charge in [-0.25, -0.2) is 9.59 Å². The average Bonchev–Trinajstić information content (AvgIpc) is 2.94. The lowest BCUT2D eigenvalue weighted by Crippen LogP contribution is -2.48. The molecule has 0 saturated carbocycles. The van der Waals surface area contributed by atoms with Gasteiger partial charge < -0.3 is 21.1 Å². The molecule has 220 valence electrons. The van der Waals surface area contributed by atoms with Crippen LogP contribution in [0.3, 0.4) is 0 Å². The van der Waals surface area contributed by atoms with Crippen LogP contribution < -0.4 is 10.6 Å². The molecule has 0 fully saturated rings. The Morgan fingerprint density at radius 1 is 0.929 bits per heavy atom. The molecular formula is C30H30BrN3O8. The molecule has 5 N–H and O–H groups in total. The highest BCUT2D eigenvalue weighted by Crippen LogP contribution is 2.33. The number of carbonyl (C=O) groups excluding carboxylic acids is 3. The quantitative estimate of drug-likeness (QED) is 0.242. The van der Waals surface area contributed by atoms with Crippen LogP contribution in [0.5, 0.6) is 0 Å². The Morgan fingerprint density at radius 2 is 1.57 bits per heavy atom. The SMILES string of the molecule is CC(=O)N(C(=O)C(N)Cc1ccc(N(C(=O)C(=O)O)c2ccccc2C(=O)O)c(CCO)c1)[C@H](C)c1ccc(Br)cc1. The van der Waals surface area contributed by atoms with Gasteiger partial charge in [-0.15, -0.1) is 0 Å². The number of para-hydroxylation sites is 1. The summed E-state index contributed by atoms with van der Waals surface area (Å²) in [5, 5.41) is 28.9. The Labute approximate surface area is 250 Å². The molecule has 0 aliphatic heterocycles. The molecule has 0 bridgehead atoms. The van der Waals surface area contributed by atoms with E-state index in [2.05, 4.69) is 15.9 Å². The van der Waals surface area contributed by atoms with Crippen LogP contribution in [0.25, 0.3) is 0 Å². The Hall–Kier alpha value is -4.39. The first-order valence-electron chi connectivity index (χ1n) is 12.8. The predicted molar refractivity (Wildman–Crippen MR) is 157 cm³/mol. The number of anilines is 2. The van der Waals surface area contributed by atoms with Gasteiger partial charge in [-0.05, 0) is 66.8 Å². The van der Waals surface area contributed by atoms with Crippen molar-refractivity contribution < 1.29 is 39.3 Å². The summed E-state index contributed by atoms with van der Waals surface area (Å²) < 4.78 is 0.841. The number of hydrogen-bond acceptors (Lipinski definition) is 7. The Kier molecular flexibility index (Phi) is 10.7. The van der Waals surface area contributed by atoms with E-state index < -0.39 is 41.7 Å². The van der Waals surface area contributed by atoms with Crippen molar-refractivity contribution in [1.82, 2.24) is 4.90 Å². The van der Waals surface area contributed by atoms with Gasteiger partial charge in [0.2, 0.25) is 11.8 Å². The number of carboxylic acid groups (broad SMARTS) is 2. The minimum absolute atomic E-state index is 0.0209. The first-order valence-corrected chi connectivity index (χ1v) is 13.6. The minimum atomic E-state index is -1.81. The van der Waals surface area contributed by atoms with Crippen LogP contribution in [-0.4, -0.2) is 62.5 Å². The van der Waals surface area contributed by atoms with Gasteiger partial charge in [-0.1, -0.05) is 52.3 Å². The molecule has 0 heterocycles. The van der Waals surface area contributed by atoms with E-state index in [1.165, 1.54) is 43.3 Å². The van der Waals surface area contributed by atoms with Gasteiger partial charge in [0.25, 0.3) is 0 Å². The molecule has 0 aliphatic carbocycles. The monoisotopic (exact) mass is 639 g/mol. The van der Waals surface area contributed by atoms with E-state index in [1.807, 2.05) is 0 Å². The maximum absolute atomic E-state index is 13.4. The van der Waals surface area contributed by atoms with Gasteiger partial charge >= 0.3 is 17.8 Å². The highest BCUT2D eigenvalue weighted by molar-refractivity contribution is 9.10. The zero-order valence-electron chi connectivity index (χ0n) is 22.9. The molecule has 0 aromatic heterocycles. The molecule has 11 nitrogen and oxygen atoms in total. The van der Waals surface area contributed by atoms with E-state index in [9.17, 15) is 39.3 Å². The first-order chi connectivity index (χ1) is 19.9. The number of amides is 3. The second-order valence-electron chi connectivity index (χ2n) is 9.47. The Balaban J connectivity index is 1.98. The summed E-state index contributed by atoms with van der Waals surface area (Å²) in [6.07, 6.45) is -0.0435. The third-order valence-electron chi connectivity index (χ3n) is 6.62. The lowest BCUT2D eigenvalue weighted by Gasteiger charge is -2.29. The molecule has 0 saturated heterocycles. The van der Waals surface area contributed by atoms with Gasteiger partial charge in [-0.3, -0.25) is 24.2 Å². The number of hydrogen-bond donors (Lipinski definition) is 4.